The van der Waals surface area contributed by atoms with Gasteiger partial charge in [-0.1, -0.05) is 12.3 Å². The Morgan fingerprint density at radius 2 is 2.33 bits per heavy atom. The van der Waals surface area contributed by atoms with E-state index in [1.807, 2.05) is 19.3 Å². The summed E-state index contributed by atoms with van der Waals surface area (Å²) in [5, 5.41) is 9.82. The molecule has 0 aromatic rings. The van der Waals surface area contributed by atoms with Gasteiger partial charge in [0.1, 0.15) is 0 Å². The van der Waals surface area contributed by atoms with Crippen LogP contribution in [0.1, 0.15) is 20.3 Å². The van der Waals surface area contributed by atoms with Crippen molar-refractivity contribution >= 4 is 24.4 Å². The van der Waals surface area contributed by atoms with Gasteiger partial charge in [0.05, 0.1) is 19.8 Å². The average Bonchev–Trinajstić information content (AvgIpc) is 2.74. The zero-order valence-electron chi connectivity index (χ0n) is 10.4. The second-order valence-corrected chi connectivity index (χ2v) is 6.74. The van der Waals surface area contributed by atoms with Crippen molar-refractivity contribution < 1.29 is 14.1 Å². The van der Waals surface area contributed by atoms with Gasteiger partial charge in [0.25, 0.3) is 12.6 Å². The molecule has 0 aromatic carbocycles. The van der Waals surface area contributed by atoms with Crippen LogP contribution in [0.5, 0.6) is 0 Å². The summed E-state index contributed by atoms with van der Waals surface area (Å²) in [5.41, 5.74) is 2.03. The minimum absolute atomic E-state index is 0.118. The molecule has 1 atom stereocenters. The Morgan fingerprint density at radius 1 is 1.61 bits per heavy atom. The Labute approximate surface area is 111 Å². The molecule has 0 spiro atoms. The summed E-state index contributed by atoms with van der Waals surface area (Å²) in [7, 11) is 0. The molecule has 1 rings (SSSR count). The van der Waals surface area contributed by atoms with Gasteiger partial charge >= 0.3 is 0 Å². The van der Waals surface area contributed by atoms with Crippen molar-refractivity contribution in [1.29, 1.82) is 0 Å². The normalized spacial score (nSPS) is 18.3. The van der Waals surface area contributed by atoms with Crippen LogP contribution in [0.4, 0.5) is 0 Å². The Kier molecular flexibility index (Phi) is 5.94. The molecule has 18 heavy (non-hydrogen) atoms. The van der Waals surface area contributed by atoms with Gasteiger partial charge in [-0.3, -0.25) is 4.67 Å². The highest BCUT2D eigenvalue weighted by molar-refractivity contribution is 8.09. The second kappa shape index (κ2) is 6.98. The third kappa shape index (κ3) is 3.88. The number of nitrogens with zero attached hydrogens (tertiary/aromatic N) is 3. The van der Waals surface area contributed by atoms with Crippen LogP contribution in [0.15, 0.2) is 4.99 Å². The fourth-order valence-corrected chi connectivity index (χ4v) is 4.18. The van der Waals surface area contributed by atoms with Crippen molar-refractivity contribution in [1.82, 2.24) is 10.1 Å². The van der Waals surface area contributed by atoms with E-state index in [9.17, 15) is 10.1 Å². The monoisotopic (exact) mass is 296 g/mol. The molecule has 1 N–H and O–H groups in total. The fourth-order valence-electron chi connectivity index (χ4n) is 1.40. The summed E-state index contributed by atoms with van der Waals surface area (Å²) in [6.07, 6.45) is 0.800. The molecule has 0 bridgehead atoms. The molecule has 1 aliphatic rings. The van der Waals surface area contributed by atoms with E-state index in [-0.39, 0.29) is 5.96 Å². The van der Waals surface area contributed by atoms with Crippen molar-refractivity contribution in [2.24, 2.45) is 4.99 Å². The van der Waals surface area contributed by atoms with Gasteiger partial charge in [-0.25, -0.2) is 15.1 Å². The van der Waals surface area contributed by atoms with Crippen LogP contribution >= 0.6 is 6.64 Å². The van der Waals surface area contributed by atoms with Crippen LogP contribution in [0, 0.1) is 10.1 Å². The van der Waals surface area contributed by atoms with Crippen molar-refractivity contribution in [3.8, 4) is 0 Å². The first-order chi connectivity index (χ1) is 8.53. The summed E-state index contributed by atoms with van der Waals surface area (Å²) in [6.45, 7) is 2.80. The molecule has 0 aromatic heterocycles. The van der Waals surface area contributed by atoms with E-state index < -0.39 is 11.7 Å². The molecule has 0 amide bonds. The summed E-state index contributed by atoms with van der Waals surface area (Å²) < 4.78 is 12.7. The van der Waals surface area contributed by atoms with Crippen LogP contribution in [0.3, 0.4) is 0 Å². The summed E-state index contributed by atoms with van der Waals surface area (Å²) in [4.78, 5) is 14.5. The fraction of sp³-hybridized carbons (Fsp3) is 0.875. The van der Waals surface area contributed by atoms with Gasteiger partial charge in [0, 0.05) is 6.54 Å². The summed E-state index contributed by atoms with van der Waals surface area (Å²) in [6, 6.07) is 0. The van der Waals surface area contributed by atoms with E-state index in [1.165, 1.54) is 0 Å². The predicted octanol–water partition coefficient (Wildman–Crippen LogP) is 1.13. The van der Waals surface area contributed by atoms with Gasteiger partial charge < -0.3 is 9.05 Å². The third-order valence-corrected chi connectivity index (χ3v) is 5.35. The van der Waals surface area contributed by atoms with E-state index in [0.717, 1.165) is 6.42 Å². The van der Waals surface area contributed by atoms with Crippen molar-refractivity contribution in [3.05, 3.63) is 10.1 Å². The number of aliphatic imine (C=N–C) groups is 1. The Morgan fingerprint density at radius 3 is 2.89 bits per heavy atom. The van der Waals surface area contributed by atoms with Gasteiger partial charge in [-0.2, -0.15) is 0 Å². The van der Waals surface area contributed by atoms with Gasteiger partial charge in [-0.15, -0.1) is 0 Å². The number of guanidine groups is 1. The lowest BCUT2D eigenvalue weighted by Crippen LogP contribution is -2.40. The van der Waals surface area contributed by atoms with Crippen molar-refractivity contribution in [2.45, 2.75) is 20.3 Å². The minimum Gasteiger partial charge on any atom is -0.314 e. The molecule has 10 heteroatoms. The number of hydrazine groups is 1. The van der Waals surface area contributed by atoms with Crippen LogP contribution in [0.25, 0.3) is 0 Å². The topological polar surface area (TPSA) is 89.2 Å². The third-order valence-electron chi connectivity index (χ3n) is 2.06. The molecule has 0 fully saturated rings. The molecule has 1 aliphatic heterocycles. The highest BCUT2D eigenvalue weighted by atomic mass is 32.5. The SMILES string of the molecule is CCCOP(=S)(OCC)N1CCN=C1N[N+](=O)[O-]. The average molecular weight is 296 g/mol. The Balaban J connectivity index is 2.81. The van der Waals surface area contributed by atoms with Crippen LogP contribution in [-0.4, -0.2) is 42.0 Å². The quantitative estimate of drug-likeness (QED) is 0.428. The lowest BCUT2D eigenvalue weighted by molar-refractivity contribution is -0.526. The smallest absolute Gasteiger partial charge is 0.292 e. The number of nitrogens with one attached hydrogen (secondary N) is 1. The number of rotatable bonds is 7. The van der Waals surface area contributed by atoms with E-state index in [0.29, 0.717) is 26.3 Å². The lowest BCUT2D eigenvalue weighted by atomic mass is 10.5. The van der Waals surface area contributed by atoms with E-state index in [2.05, 4.69) is 4.99 Å². The molecule has 0 aliphatic carbocycles. The lowest BCUT2D eigenvalue weighted by Gasteiger charge is -2.30. The Hall–Kier alpha value is -0.760. The highest BCUT2D eigenvalue weighted by Crippen LogP contribution is 2.53. The van der Waals surface area contributed by atoms with E-state index in [4.69, 9.17) is 20.9 Å². The zero-order valence-corrected chi connectivity index (χ0v) is 12.1. The highest BCUT2D eigenvalue weighted by Gasteiger charge is 2.35. The van der Waals surface area contributed by atoms with Gasteiger partial charge in [0.15, 0.2) is 5.03 Å². The first kappa shape index (κ1) is 15.3. The maximum Gasteiger partial charge on any atom is 0.292 e. The molecule has 0 saturated heterocycles. The maximum absolute atomic E-state index is 10.5. The second-order valence-electron chi connectivity index (χ2n) is 3.42. The van der Waals surface area contributed by atoms with E-state index in [1.54, 1.807) is 4.67 Å². The number of hydrogen-bond donors (Lipinski definition) is 1. The minimum atomic E-state index is -2.73. The number of nitro groups is 1. The van der Waals surface area contributed by atoms with Crippen molar-refractivity contribution in [3.63, 3.8) is 0 Å². The van der Waals surface area contributed by atoms with Crippen molar-refractivity contribution in [2.75, 3.05) is 26.3 Å². The summed E-state index contributed by atoms with van der Waals surface area (Å²) >= 11 is 5.41. The zero-order chi connectivity index (χ0) is 13.6. The Bertz CT molecular complexity index is 378. The van der Waals surface area contributed by atoms with E-state index >= 15 is 0 Å². The first-order valence-electron chi connectivity index (χ1n) is 5.66. The first-order valence-corrected chi connectivity index (χ1v) is 8.25. The molecular formula is C8H17N4O4PS. The molecule has 8 nitrogen and oxygen atoms in total. The number of hydrogen-bond acceptors (Lipinski definition) is 6. The van der Waals surface area contributed by atoms with Crippen LogP contribution in [-0.2, 0) is 20.9 Å². The van der Waals surface area contributed by atoms with Crippen LogP contribution < -0.4 is 5.43 Å². The molecule has 0 radical (unpaired) electrons. The molecule has 104 valence electrons. The van der Waals surface area contributed by atoms with Gasteiger partial charge in [0.2, 0.25) is 0 Å². The molecular weight excluding hydrogens is 279 g/mol. The summed E-state index contributed by atoms with van der Waals surface area (Å²) in [5.74, 6) is 0.118. The largest absolute Gasteiger partial charge is 0.314 e. The standard InChI is InChI=1S/C8H17N4O4PS/c1-3-7-16-17(18,15-4-2)11-6-5-9-8(11)10-12(13)14/h3-7H2,1-2H3,(H,9,10). The molecule has 1 heterocycles. The maximum atomic E-state index is 10.5. The molecule has 0 saturated carbocycles. The van der Waals surface area contributed by atoms with Gasteiger partial charge in [-0.05, 0) is 25.2 Å². The molecule has 1 unspecified atom stereocenters. The van der Waals surface area contributed by atoms with Crippen LogP contribution in [0.2, 0.25) is 0 Å². The predicted molar refractivity (Wildman–Crippen MR) is 71.3 cm³/mol.